The molecule has 0 aliphatic carbocycles. The highest BCUT2D eigenvalue weighted by molar-refractivity contribution is 5.94. The Morgan fingerprint density at radius 2 is 2.00 bits per heavy atom. The van der Waals surface area contributed by atoms with Crippen LogP contribution >= 0.6 is 0 Å². The molecule has 1 aromatic rings. The second-order valence-electron chi connectivity index (χ2n) is 3.01. The van der Waals surface area contributed by atoms with E-state index in [-0.39, 0.29) is 5.69 Å². The molecule has 1 aliphatic heterocycles. The molecule has 0 saturated carbocycles. The molecule has 1 aromatic carbocycles. The molecule has 0 radical (unpaired) electrons. The smallest absolute Gasteiger partial charge is 0.196 e. The third-order valence-electron chi connectivity index (χ3n) is 1.96. The largest absolute Gasteiger partial charge is 0.354 e. The van der Waals surface area contributed by atoms with E-state index in [2.05, 4.69) is 15.6 Å². The molecule has 2 rings (SSSR count). The third-order valence-corrected chi connectivity index (χ3v) is 1.96. The van der Waals surface area contributed by atoms with Crippen LogP contribution in [0.4, 0.5) is 18.9 Å². The van der Waals surface area contributed by atoms with Gasteiger partial charge < -0.3 is 10.6 Å². The minimum absolute atomic E-state index is 0.137. The normalized spacial score (nSPS) is 14.7. The van der Waals surface area contributed by atoms with Crippen molar-refractivity contribution >= 4 is 11.6 Å². The summed E-state index contributed by atoms with van der Waals surface area (Å²) in [6.45, 7) is 1.22. The number of hydrogen-bond acceptors (Lipinski definition) is 3. The van der Waals surface area contributed by atoms with E-state index in [4.69, 9.17) is 0 Å². The zero-order chi connectivity index (χ0) is 10.8. The van der Waals surface area contributed by atoms with E-state index in [1.54, 1.807) is 0 Å². The summed E-state index contributed by atoms with van der Waals surface area (Å²) in [5.41, 5.74) is -0.137. The van der Waals surface area contributed by atoms with E-state index >= 15 is 0 Å². The molecule has 0 fully saturated rings. The van der Waals surface area contributed by atoms with Crippen LogP contribution < -0.4 is 10.6 Å². The number of hydrogen-bond donors (Lipinski definition) is 2. The van der Waals surface area contributed by atoms with Gasteiger partial charge in [-0.15, -0.1) is 0 Å². The van der Waals surface area contributed by atoms with E-state index in [0.717, 1.165) is 12.1 Å². The Hall–Kier alpha value is -1.72. The molecule has 0 aromatic heterocycles. The Kier molecular flexibility index (Phi) is 2.49. The summed E-state index contributed by atoms with van der Waals surface area (Å²) < 4.78 is 38.6. The second kappa shape index (κ2) is 3.80. The Balaban J connectivity index is 2.25. The summed E-state index contributed by atoms with van der Waals surface area (Å²) in [7, 11) is 0. The topological polar surface area (TPSA) is 36.4 Å². The molecule has 15 heavy (non-hydrogen) atoms. The zero-order valence-corrected chi connectivity index (χ0v) is 7.65. The van der Waals surface area contributed by atoms with Gasteiger partial charge in [0.15, 0.2) is 23.4 Å². The number of nitrogens with one attached hydrogen (secondary N) is 2. The monoisotopic (exact) mass is 215 g/mol. The summed E-state index contributed by atoms with van der Waals surface area (Å²) in [6.07, 6.45) is 0. The second-order valence-corrected chi connectivity index (χ2v) is 3.01. The van der Waals surface area contributed by atoms with Crippen LogP contribution in [0.2, 0.25) is 0 Å². The number of nitrogens with zero attached hydrogens (tertiary/aromatic N) is 1. The predicted octanol–water partition coefficient (Wildman–Crippen LogP) is 1.48. The van der Waals surface area contributed by atoms with Crippen LogP contribution in [0.25, 0.3) is 0 Å². The van der Waals surface area contributed by atoms with Gasteiger partial charge in [-0.3, -0.25) is 4.99 Å². The van der Waals surface area contributed by atoms with Gasteiger partial charge in [-0.1, -0.05) is 0 Å². The zero-order valence-electron chi connectivity index (χ0n) is 7.65. The molecule has 0 bridgehead atoms. The van der Waals surface area contributed by atoms with Crippen molar-refractivity contribution in [2.75, 3.05) is 18.4 Å². The third kappa shape index (κ3) is 1.88. The molecule has 1 aliphatic rings. The molecule has 3 nitrogen and oxygen atoms in total. The van der Waals surface area contributed by atoms with E-state index in [1.165, 1.54) is 0 Å². The first-order valence-corrected chi connectivity index (χ1v) is 4.37. The first-order chi connectivity index (χ1) is 7.18. The summed E-state index contributed by atoms with van der Waals surface area (Å²) in [5.74, 6) is -3.58. The number of halogens is 3. The standard InChI is InChI=1S/C9H8F3N3/c10-5-1-2-6(8(12)7(5)11)15-9-13-3-4-14-9/h1-2H,3-4H2,(H2,13,14,15). The molecule has 0 spiro atoms. The molecule has 2 N–H and O–H groups in total. The van der Waals surface area contributed by atoms with Crippen molar-refractivity contribution in [3.8, 4) is 0 Å². The van der Waals surface area contributed by atoms with Gasteiger partial charge in [0.1, 0.15) is 0 Å². The maximum atomic E-state index is 13.2. The Morgan fingerprint density at radius 3 is 2.67 bits per heavy atom. The molecule has 0 unspecified atom stereocenters. The average molecular weight is 215 g/mol. The lowest BCUT2D eigenvalue weighted by molar-refractivity contribution is 0.449. The minimum Gasteiger partial charge on any atom is -0.354 e. The number of rotatable bonds is 1. The van der Waals surface area contributed by atoms with Gasteiger partial charge >= 0.3 is 0 Å². The minimum atomic E-state index is -1.49. The van der Waals surface area contributed by atoms with E-state index in [9.17, 15) is 13.2 Å². The van der Waals surface area contributed by atoms with Crippen molar-refractivity contribution in [1.82, 2.24) is 5.32 Å². The molecular formula is C9H8F3N3. The molecule has 0 saturated heterocycles. The Labute approximate surface area is 84.0 Å². The van der Waals surface area contributed by atoms with Gasteiger partial charge in [-0.05, 0) is 12.1 Å². The Bertz CT molecular complexity index is 417. The van der Waals surface area contributed by atoms with Gasteiger partial charge in [-0.25, -0.2) is 13.2 Å². The van der Waals surface area contributed by atoms with Crippen LogP contribution in [0.15, 0.2) is 17.1 Å². The lowest BCUT2D eigenvalue weighted by atomic mass is 10.3. The van der Waals surface area contributed by atoms with Gasteiger partial charge in [0.05, 0.1) is 12.2 Å². The first kappa shape index (κ1) is 9.82. The fourth-order valence-electron chi connectivity index (χ4n) is 1.23. The summed E-state index contributed by atoms with van der Waals surface area (Å²) in [4.78, 5) is 3.94. The maximum absolute atomic E-state index is 13.2. The molecule has 6 heteroatoms. The van der Waals surface area contributed by atoms with Crippen LogP contribution in [0.3, 0.4) is 0 Å². The first-order valence-electron chi connectivity index (χ1n) is 4.37. The highest BCUT2D eigenvalue weighted by atomic mass is 19.2. The van der Waals surface area contributed by atoms with Crippen LogP contribution in [-0.4, -0.2) is 19.0 Å². The van der Waals surface area contributed by atoms with Gasteiger partial charge in [0.2, 0.25) is 0 Å². The fourth-order valence-corrected chi connectivity index (χ4v) is 1.23. The Morgan fingerprint density at radius 1 is 1.20 bits per heavy atom. The van der Waals surface area contributed by atoms with Crippen molar-refractivity contribution in [3.05, 3.63) is 29.6 Å². The molecule has 80 valence electrons. The van der Waals surface area contributed by atoms with Crippen molar-refractivity contribution in [1.29, 1.82) is 0 Å². The molecule has 0 amide bonds. The summed E-state index contributed by atoms with van der Waals surface area (Å²) in [5, 5.41) is 5.36. The van der Waals surface area contributed by atoms with Crippen LogP contribution in [0.5, 0.6) is 0 Å². The number of aliphatic imine (C=N–C) groups is 1. The summed E-state index contributed by atoms with van der Waals surface area (Å²) in [6, 6.07) is 1.98. The van der Waals surface area contributed by atoms with Gasteiger partial charge in [-0.2, -0.15) is 0 Å². The lowest BCUT2D eigenvalue weighted by Crippen LogP contribution is -2.26. The van der Waals surface area contributed by atoms with Crippen molar-refractivity contribution in [2.24, 2.45) is 4.99 Å². The molecular weight excluding hydrogens is 207 g/mol. The highest BCUT2D eigenvalue weighted by Gasteiger charge is 2.15. The molecule has 0 atom stereocenters. The van der Waals surface area contributed by atoms with E-state index in [0.29, 0.717) is 19.0 Å². The molecule has 1 heterocycles. The van der Waals surface area contributed by atoms with Crippen molar-refractivity contribution < 1.29 is 13.2 Å². The number of benzene rings is 1. The van der Waals surface area contributed by atoms with Gasteiger partial charge in [0, 0.05) is 6.54 Å². The summed E-state index contributed by atoms with van der Waals surface area (Å²) >= 11 is 0. The number of anilines is 1. The highest BCUT2D eigenvalue weighted by Crippen LogP contribution is 2.19. The lowest BCUT2D eigenvalue weighted by Gasteiger charge is -2.07. The average Bonchev–Trinajstić information content (AvgIpc) is 2.72. The fraction of sp³-hybridized carbons (Fsp3) is 0.222. The van der Waals surface area contributed by atoms with Crippen LogP contribution in [0, 0.1) is 17.5 Å². The quantitative estimate of drug-likeness (QED) is 0.696. The van der Waals surface area contributed by atoms with Crippen molar-refractivity contribution in [3.63, 3.8) is 0 Å². The van der Waals surface area contributed by atoms with Crippen LogP contribution in [0.1, 0.15) is 0 Å². The number of guanidine groups is 1. The van der Waals surface area contributed by atoms with Crippen molar-refractivity contribution in [2.45, 2.75) is 0 Å². The predicted molar refractivity (Wildman–Crippen MR) is 50.2 cm³/mol. The van der Waals surface area contributed by atoms with Gasteiger partial charge in [0.25, 0.3) is 0 Å². The van der Waals surface area contributed by atoms with E-state index < -0.39 is 17.5 Å². The van der Waals surface area contributed by atoms with Crippen LogP contribution in [-0.2, 0) is 0 Å². The SMILES string of the molecule is Fc1ccc(NC2=NCCN2)c(F)c1F. The van der Waals surface area contributed by atoms with E-state index in [1.807, 2.05) is 0 Å². The maximum Gasteiger partial charge on any atom is 0.196 e.